The zero-order valence-corrected chi connectivity index (χ0v) is 9.14. The lowest BCUT2D eigenvalue weighted by molar-refractivity contribution is -0.131. The van der Waals surface area contributed by atoms with Crippen molar-refractivity contribution in [2.75, 3.05) is 7.11 Å². The van der Waals surface area contributed by atoms with Crippen LogP contribution in [0.2, 0.25) is 0 Å². The topological polar surface area (TPSA) is 65.7 Å². The number of methoxy groups -OCH3 is 1. The van der Waals surface area contributed by atoms with Crippen molar-refractivity contribution in [2.24, 2.45) is 0 Å². The number of allylic oxidation sites excluding steroid dienone is 2. The average molecular weight is 234 g/mol. The highest BCUT2D eigenvalue weighted by Gasteiger charge is 2.22. The van der Waals surface area contributed by atoms with Crippen molar-refractivity contribution < 1.29 is 23.5 Å². The van der Waals surface area contributed by atoms with E-state index in [1.165, 1.54) is 13.4 Å². The Balaban J connectivity index is 2.09. The molecule has 0 aliphatic heterocycles. The first-order valence-corrected chi connectivity index (χ1v) is 4.92. The number of ketones is 2. The third-order valence-corrected chi connectivity index (χ3v) is 2.18. The van der Waals surface area contributed by atoms with Gasteiger partial charge in [-0.3, -0.25) is 9.59 Å². The van der Waals surface area contributed by atoms with E-state index in [4.69, 9.17) is 13.9 Å². The SMILES string of the molecule is COC1=CC(=O)C(=O)C=C1OCc1ccco1. The molecule has 0 fully saturated rings. The highest BCUT2D eigenvalue weighted by molar-refractivity contribution is 6.46. The van der Waals surface area contributed by atoms with E-state index in [1.54, 1.807) is 12.1 Å². The molecule has 1 aliphatic rings. The van der Waals surface area contributed by atoms with Crippen molar-refractivity contribution in [3.05, 3.63) is 47.8 Å². The number of hydrogen-bond acceptors (Lipinski definition) is 5. The zero-order valence-electron chi connectivity index (χ0n) is 9.14. The van der Waals surface area contributed by atoms with E-state index in [2.05, 4.69) is 0 Å². The van der Waals surface area contributed by atoms with E-state index in [0.29, 0.717) is 5.76 Å². The van der Waals surface area contributed by atoms with Gasteiger partial charge in [0, 0.05) is 12.2 Å². The number of furan rings is 1. The fraction of sp³-hybridized carbons (Fsp3) is 0.167. The quantitative estimate of drug-likeness (QED) is 0.581. The summed E-state index contributed by atoms with van der Waals surface area (Å²) in [6, 6.07) is 3.47. The molecule has 17 heavy (non-hydrogen) atoms. The second-order valence-corrected chi connectivity index (χ2v) is 3.32. The van der Waals surface area contributed by atoms with Crippen molar-refractivity contribution in [1.82, 2.24) is 0 Å². The van der Waals surface area contributed by atoms with E-state index in [9.17, 15) is 9.59 Å². The van der Waals surface area contributed by atoms with Crippen molar-refractivity contribution in [2.45, 2.75) is 6.61 Å². The first-order valence-electron chi connectivity index (χ1n) is 4.92. The Kier molecular flexibility index (Phi) is 3.09. The third-order valence-electron chi connectivity index (χ3n) is 2.18. The molecule has 0 saturated heterocycles. The molecule has 0 unspecified atom stereocenters. The molecule has 0 bridgehead atoms. The molecule has 0 amide bonds. The molecule has 0 aromatic carbocycles. The van der Waals surface area contributed by atoms with Gasteiger partial charge in [-0.25, -0.2) is 0 Å². The van der Waals surface area contributed by atoms with Gasteiger partial charge in [-0.15, -0.1) is 0 Å². The summed E-state index contributed by atoms with van der Waals surface area (Å²) in [7, 11) is 1.40. The summed E-state index contributed by atoms with van der Waals surface area (Å²) >= 11 is 0. The second-order valence-electron chi connectivity index (χ2n) is 3.32. The lowest BCUT2D eigenvalue weighted by Gasteiger charge is -2.14. The first-order chi connectivity index (χ1) is 8.20. The average Bonchev–Trinajstić information content (AvgIpc) is 2.83. The molecule has 1 heterocycles. The van der Waals surface area contributed by atoms with Gasteiger partial charge in [0.15, 0.2) is 11.5 Å². The maximum absolute atomic E-state index is 11.2. The van der Waals surface area contributed by atoms with Crippen LogP contribution in [0.15, 0.2) is 46.5 Å². The van der Waals surface area contributed by atoms with Crippen LogP contribution in [0.5, 0.6) is 0 Å². The molecule has 0 N–H and O–H groups in total. The van der Waals surface area contributed by atoms with Crippen LogP contribution in [0, 0.1) is 0 Å². The lowest BCUT2D eigenvalue weighted by atomic mass is 10.1. The first kappa shape index (κ1) is 11.2. The number of ether oxygens (including phenoxy) is 2. The van der Waals surface area contributed by atoms with Gasteiger partial charge in [0.2, 0.25) is 11.6 Å². The summed E-state index contributed by atoms with van der Waals surface area (Å²) in [6.07, 6.45) is 3.75. The molecule has 0 atom stereocenters. The minimum Gasteiger partial charge on any atom is -0.493 e. The molecule has 0 spiro atoms. The summed E-state index contributed by atoms with van der Waals surface area (Å²) in [4.78, 5) is 22.3. The van der Waals surface area contributed by atoms with Crippen molar-refractivity contribution in [3.63, 3.8) is 0 Å². The Hall–Kier alpha value is -2.30. The highest BCUT2D eigenvalue weighted by atomic mass is 16.5. The lowest BCUT2D eigenvalue weighted by Crippen LogP contribution is -2.17. The highest BCUT2D eigenvalue weighted by Crippen LogP contribution is 2.19. The van der Waals surface area contributed by atoms with Gasteiger partial charge in [-0.05, 0) is 12.1 Å². The van der Waals surface area contributed by atoms with Gasteiger partial charge in [-0.1, -0.05) is 0 Å². The fourth-order valence-electron chi connectivity index (χ4n) is 1.34. The molecule has 2 rings (SSSR count). The van der Waals surface area contributed by atoms with E-state index in [0.717, 1.165) is 12.2 Å². The smallest absolute Gasteiger partial charge is 0.229 e. The Labute approximate surface area is 97.3 Å². The van der Waals surface area contributed by atoms with Crippen LogP contribution in [0.1, 0.15) is 5.76 Å². The predicted molar refractivity (Wildman–Crippen MR) is 56.7 cm³/mol. The van der Waals surface area contributed by atoms with Crippen LogP contribution in [-0.2, 0) is 25.7 Å². The molecule has 1 aromatic rings. The summed E-state index contributed by atoms with van der Waals surface area (Å²) in [5, 5.41) is 0. The minimum atomic E-state index is -0.625. The monoisotopic (exact) mass is 234 g/mol. The van der Waals surface area contributed by atoms with E-state index in [-0.39, 0.29) is 18.1 Å². The number of carbonyl (C=O) groups excluding carboxylic acids is 2. The van der Waals surface area contributed by atoms with Crippen LogP contribution in [0.3, 0.4) is 0 Å². The molecule has 88 valence electrons. The number of hydrogen-bond donors (Lipinski definition) is 0. The summed E-state index contributed by atoms with van der Waals surface area (Å²) in [5.41, 5.74) is 0. The van der Waals surface area contributed by atoms with Crippen molar-refractivity contribution >= 4 is 11.6 Å². The summed E-state index contributed by atoms with van der Waals surface area (Å²) in [6.45, 7) is 0.168. The Morgan fingerprint density at radius 3 is 2.47 bits per heavy atom. The Morgan fingerprint density at radius 1 is 1.18 bits per heavy atom. The van der Waals surface area contributed by atoms with Crippen LogP contribution in [0.25, 0.3) is 0 Å². The molecule has 5 heteroatoms. The van der Waals surface area contributed by atoms with Gasteiger partial charge in [0.25, 0.3) is 0 Å². The van der Waals surface area contributed by atoms with E-state index in [1.807, 2.05) is 0 Å². The summed E-state index contributed by atoms with van der Waals surface area (Å²) < 4.78 is 15.4. The largest absolute Gasteiger partial charge is 0.493 e. The van der Waals surface area contributed by atoms with E-state index < -0.39 is 11.6 Å². The number of rotatable bonds is 4. The Morgan fingerprint density at radius 2 is 1.88 bits per heavy atom. The molecular weight excluding hydrogens is 224 g/mol. The molecular formula is C12H10O5. The molecule has 1 aliphatic carbocycles. The van der Waals surface area contributed by atoms with Gasteiger partial charge >= 0.3 is 0 Å². The molecule has 0 saturated carbocycles. The predicted octanol–water partition coefficient (Wildman–Crippen LogP) is 1.36. The van der Waals surface area contributed by atoms with Gasteiger partial charge in [-0.2, -0.15) is 0 Å². The maximum Gasteiger partial charge on any atom is 0.229 e. The van der Waals surface area contributed by atoms with Crippen LogP contribution < -0.4 is 0 Å². The minimum absolute atomic E-state index is 0.168. The van der Waals surface area contributed by atoms with Gasteiger partial charge in [0.1, 0.15) is 12.4 Å². The molecule has 1 aromatic heterocycles. The van der Waals surface area contributed by atoms with Crippen LogP contribution in [0.4, 0.5) is 0 Å². The number of carbonyl (C=O) groups is 2. The molecule has 5 nitrogen and oxygen atoms in total. The van der Waals surface area contributed by atoms with E-state index >= 15 is 0 Å². The van der Waals surface area contributed by atoms with Gasteiger partial charge in [0.05, 0.1) is 13.4 Å². The van der Waals surface area contributed by atoms with Crippen molar-refractivity contribution in [3.8, 4) is 0 Å². The normalized spacial score (nSPS) is 15.4. The second kappa shape index (κ2) is 4.69. The van der Waals surface area contributed by atoms with Gasteiger partial charge < -0.3 is 13.9 Å². The standard InChI is InChI=1S/C12H10O5/c1-15-11-5-9(13)10(14)6-12(11)17-7-8-3-2-4-16-8/h2-6H,7H2,1H3. The molecule has 0 radical (unpaired) electrons. The maximum atomic E-state index is 11.2. The Bertz CT molecular complexity index is 493. The summed E-state index contributed by atoms with van der Waals surface area (Å²) in [5.74, 6) is -0.159. The van der Waals surface area contributed by atoms with Crippen molar-refractivity contribution in [1.29, 1.82) is 0 Å². The fourth-order valence-corrected chi connectivity index (χ4v) is 1.34. The van der Waals surface area contributed by atoms with Crippen LogP contribution in [-0.4, -0.2) is 18.7 Å². The third kappa shape index (κ3) is 2.44. The zero-order chi connectivity index (χ0) is 12.3. The van der Waals surface area contributed by atoms with Crippen LogP contribution >= 0.6 is 0 Å².